The second kappa shape index (κ2) is 5.96. The van der Waals surface area contributed by atoms with E-state index >= 15 is 0 Å². The summed E-state index contributed by atoms with van der Waals surface area (Å²) in [4.78, 5) is 4.10. The molecule has 0 spiro atoms. The van der Waals surface area contributed by atoms with Crippen LogP contribution in [0.2, 0.25) is 0 Å². The van der Waals surface area contributed by atoms with E-state index in [0.717, 1.165) is 30.6 Å². The molecule has 2 aromatic rings. The van der Waals surface area contributed by atoms with Crippen molar-refractivity contribution < 1.29 is 9.15 Å². The normalized spacial score (nSPS) is 19.6. The molecule has 3 heterocycles. The minimum Gasteiger partial charge on any atom is -0.421 e. The fraction of sp³-hybridized carbons (Fsp3) is 0.400. The Kier molecular flexibility index (Phi) is 3.87. The molecule has 5 heteroatoms. The Hall–Kier alpha value is -2.01. The van der Waals surface area contributed by atoms with Gasteiger partial charge in [-0.25, -0.2) is 0 Å². The number of nitrogens with zero attached hydrogens (tertiary/aromatic N) is 3. The zero-order valence-electron chi connectivity index (χ0n) is 11.5. The standard InChI is InChI=1S/C15H17N3O2/c1-11-6-7-16-9-12(11)4-5-14-17-18-15(20-14)13-3-2-8-19-10-13/h4-7,9,13H,2-3,8,10H2,1H3. The van der Waals surface area contributed by atoms with Crippen LogP contribution in [0.3, 0.4) is 0 Å². The molecular weight excluding hydrogens is 254 g/mol. The fourth-order valence-corrected chi connectivity index (χ4v) is 2.23. The summed E-state index contributed by atoms with van der Waals surface area (Å²) in [6.07, 6.45) is 9.46. The van der Waals surface area contributed by atoms with Gasteiger partial charge in [-0.05, 0) is 43.0 Å². The predicted octanol–water partition coefficient (Wildman–Crippen LogP) is 2.84. The van der Waals surface area contributed by atoms with Crippen LogP contribution in [-0.4, -0.2) is 28.4 Å². The van der Waals surface area contributed by atoms with Crippen molar-refractivity contribution in [2.75, 3.05) is 13.2 Å². The van der Waals surface area contributed by atoms with E-state index in [-0.39, 0.29) is 5.92 Å². The Morgan fingerprint density at radius 2 is 2.25 bits per heavy atom. The fourth-order valence-electron chi connectivity index (χ4n) is 2.23. The van der Waals surface area contributed by atoms with Crippen molar-refractivity contribution in [1.29, 1.82) is 0 Å². The van der Waals surface area contributed by atoms with E-state index < -0.39 is 0 Å². The molecule has 1 atom stereocenters. The minimum absolute atomic E-state index is 0.235. The number of hydrogen-bond donors (Lipinski definition) is 0. The van der Waals surface area contributed by atoms with Crippen molar-refractivity contribution in [2.45, 2.75) is 25.7 Å². The molecule has 104 valence electrons. The summed E-state index contributed by atoms with van der Waals surface area (Å²) in [5.41, 5.74) is 2.21. The maximum absolute atomic E-state index is 5.68. The largest absolute Gasteiger partial charge is 0.421 e. The highest BCUT2D eigenvalue weighted by molar-refractivity contribution is 5.67. The molecule has 0 aliphatic carbocycles. The molecule has 1 aliphatic rings. The molecule has 0 aromatic carbocycles. The number of rotatable bonds is 3. The lowest BCUT2D eigenvalue weighted by Gasteiger charge is -2.18. The topological polar surface area (TPSA) is 61.0 Å². The first-order chi connectivity index (χ1) is 9.83. The van der Waals surface area contributed by atoms with Crippen LogP contribution in [0.15, 0.2) is 22.9 Å². The van der Waals surface area contributed by atoms with Crippen LogP contribution in [0.5, 0.6) is 0 Å². The Balaban J connectivity index is 1.72. The van der Waals surface area contributed by atoms with Gasteiger partial charge < -0.3 is 9.15 Å². The lowest BCUT2D eigenvalue weighted by Crippen LogP contribution is -2.15. The third kappa shape index (κ3) is 2.93. The van der Waals surface area contributed by atoms with E-state index in [0.29, 0.717) is 18.4 Å². The SMILES string of the molecule is Cc1ccncc1C=Cc1nnc(C2CCCOC2)o1. The second-order valence-corrected chi connectivity index (χ2v) is 4.96. The molecule has 0 amide bonds. The van der Waals surface area contributed by atoms with E-state index in [1.807, 2.05) is 31.3 Å². The van der Waals surface area contributed by atoms with Gasteiger partial charge in [0.05, 0.1) is 12.5 Å². The van der Waals surface area contributed by atoms with Gasteiger partial charge >= 0.3 is 0 Å². The Bertz CT molecular complexity index is 601. The van der Waals surface area contributed by atoms with Crippen LogP contribution in [0, 0.1) is 6.92 Å². The monoisotopic (exact) mass is 271 g/mol. The lowest BCUT2D eigenvalue weighted by molar-refractivity contribution is 0.0724. The molecule has 1 unspecified atom stereocenters. The highest BCUT2D eigenvalue weighted by Crippen LogP contribution is 2.24. The van der Waals surface area contributed by atoms with Crippen LogP contribution < -0.4 is 0 Å². The van der Waals surface area contributed by atoms with Crippen molar-refractivity contribution in [2.24, 2.45) is 0 Å². The summed E-state index contributed by atoms with van der Waals surface area (Å²) in [6.45, 7) is 3.55. The average molecular weight is 271 g/mol. The predicted molar refractivity (Wildman–Crippen MR) is 75.0 cm³/mol. The highest BCUT2D eigenvalue weighted by Gasteiger charge is 2.21. The molecule has 1 saturated heterocycles. The first-order valence-corrected chi connectivity index (χ1v) is 6.83. The van der Waals surface area contributed by atoms with Gasteiger partial charge in [0.25, 0.3) is 0 Å². The van der Waals surface area contributed by atoms with Crippen LogP contribution in [-0.2, 0) is 4.74 Å². The molecular formula is C15H17N3O2. The van der Waals surface area contributed by atoms with Crippen LogP contribution in [0.4, 0.5) is 0 Å². The minimum atomic E-state index is 0.235. The summed E-state index contributed by atoms with van der Waals surface area (Å²) in [5, 5.41) is 8.17. The van der Waals surface area contributed by atoms with Gasteiger partial charge in [-0.2, -0.15) is 0 Å². The molecule has 0 N–H and O–H groups in total. The lowest BCUT2D eigenvalue weighted by atomic mass is 10.0. The van der Waals surface area contributed by atoms with Gasteiger partial charge in [0.2, 0.25) is 11.8 Å². The van der Waals surface area contributed by atoms with Crippen molar-refractivity contribution in [3.05, 3.63) is 41.4 Å². The molecule has 1 aliphatic heterocycles. The van der Waals surface area contributed by atoms with Gasteiger partial charge in [0.1, 0.15) is 0 Å². The average Bonchev–Trinajstić information content (AvgIpc) is 2.96. The third-order valence-electron chi connectivity index (χ3n) is 3.45. The quantitative estimate of drug-likeness (QED) is 0.859. The Morgan fingerprint density at radius 3 is 3.05 bits per heavy atom. The Labute approximate surface area is 117 Å². The summed E-state index contributed by atoms with van der Waals surface area (Å²) in [6, 6.07) is 1.97. The zero-order chi connectivity index (χ0) is 13.8. The van der Waals surface area contributed by atoms with Crippen molar-refractivity contribution in [1.82, 2.24) is 15.2 Å². The van der Waals surface area contributed by atoms with Crippen LogP contribution in [0.1, 0.15) is 41.7 Å². The van der Waals surface area contributed by atoms with Gasteiger partial charge in [0, 0.05) is 25.1 Å². The third-order valence-corrected chi connectivity index (χ3v) is 3.45. The molecule has 0 bridgehead atoms. The molecule has 0 saturated carbocycles. The summed E-state index contributed by atoms with van der Waals surface area (Å²) in [7, 11) is 0. The smallest absolute Gasteiger partial charge is 0.240 e. The van der Waals surface area contributed by atoms with Crippen LogP contribution in [0.25, 0.3) is 12.2 Å². The number of ether oxygens (including phenoxy) is 1. The maximum Gasteiger partial charge on any atom is 0.240 e. The first kappa shape index (κ1) is 13.0. The van der Waals surface area contributed by atoms with E-state index in [4.69, 9.17) is 9.15 Å². The van der Waals surface area contributed by atoms with Gasteiger partial charge in [0.15, 0.2) is 0 Å². The second-order valence-electron chi connectivity index (χ2n) is 4.96. The van der Waals surface area contributed by atoms with Crippen molar-refractivity contribution in [3.63, 3.8) is 0 Å². The zero-order valence-corrected chi connectivity index (χ0v) is 11.5. The molecule has 1 fully saturated rings. The van der Waals surface area contributed by atoms with Gasteiger partial charge in [-0.15, -0.1) is 10.2 Å². The van der Waals surface area contributed by atoms with E-state index in [2.05, 4.69) is 15.2 Å². The van der Waals surface area contributed by atoms with Gasteiger partial charge in [-0.3, -0.25) is 4.98 Å². The highest BCUT2D eigenvalue weighted by atomic mass is 16.5. The van der Waals surface area contributed by atoms with E-state index in [9.17, 15) is 0 Å². The summed E-state index contributed by atoms with van der Waals surface area (Å²) >= 11 is 0. The maximum atomic E-state index is 5.68. The number of aryl methyl sites for hydroxylation is 1. The summed E-state index contributed by atoms with van der Waals surface area (Å²) in [5.74, 6) is 1.43. The van der Waals surface area contributed by atoms with E-state index in [1.165, 1.54) is 0 Å². The first-order valence-electron chi connectivity index (χ1n) is 6.83. The molecule has 0 radical (unpaired) electrons. The van der Waals surface area contributed by atoms with E-state index in [1.54, 1.807) is 6.20 Å². The summed E-state index contributed by atoms with van der Waals surface area (Å²) < 4.78 is 11.1. The number of pyridine rings is 1. The molecule has 20 heavy (non-hydrogen) atoms. The van der Waals surface area contributed by atoms with Gasteiger partial charge in [-0.1, -0.05) is 0 Å². The molecule has 3 rings (SSSR count). The van der Waals surface area contributed by atoms with Crippen molar-refractivity contribution >= 4 is 12.2 Å². The number of hydrogen-bond acceptors (Lipinski definition) is 5. The van der Waals surface area contributed by atoms with Crippen LogP contribution >= 0.6 is 0 Å². The van der Waals surface area contributed by atoms with Crippen molar-refractivity contribution in [3.8, 4) is 0 Å². The Morgan fingerprint density at radius 1 is 1.30 bits per heavy atom. The molecule has 2 aromatic heterocycles. The number of aromatic nitrogens is 3. The molecule has 5 nitrogen and oxygen atoms in total.